The third-order valence-corrected chi connectivity index (χ3v) is 9.77. The van der Waals surface area contributed by atoms with Crippen LogP contribution in [0.15, 0.2) is 42.6 Å². The van der Waals surface area contributed by atoms with Crippen LogP contribution in [-0.4, -0.2) is 104 Å². The van der Waals surface area contributed by atoms with Gasteiger partial charge in [-0.15, -0.1) is 0 Å². The fourth-order valence-corrected chi connectivity index (χ4v) is 7.30. The zero-order chi connectivity index (χ0) is 32.9. The summed E-state index contributed by atoms with van der Waals surface area (Å²) in [6.07, 6.45) is 3.66. The van der Waals surface area contributed by atoms with Crippen molar-refractivity contribution in [1.82, 2.24) is 35.1 Å². The first-order valence-electron chi connectivity index (χ1n) is 16.5. The Morgan fingerprint density at radius 1 is 0.915 bits per heavy atom. The highest BCUT2D eigenvalue weighted by Crippen LogP contribution is 2.31. The van der Waals surface area contributed by atoms with Crippen LogP contribution in [0.4, 0.5) is 20.1 Å². The van der Waals surface area contributed by atoms with Crippen molar-refractivity contribution >= 4 is 40.7 Å². The third kappa shape index (κ3) is 6.18. The molecule has 4 aliphatic heterocycles. The number of hydrogen-bond donors (Lipinski definition) is 3. The van der Waals surface area contributed by atoms with Gasteiger partial charge in [-0.3, -0.25) is 9.89 Å². The molecule has 0 bridgehead atoms. The number of likely N-dealkylation sites (tertiary alicyclic amines) is 2. The predicted octanol–water partition coefficient (Wildman–Crippen LogP) is 4.05. The lowest BCUT2D eigenvalue weighted by atomic mass is 9.98. The molecule has 2 aromatic carbocycles. The van der Waals surface area contributed by atoms with Gasteiger partial charge >= 0.3 is 18.2 Å². The maximum Gasteiger partial charge on any atom is 0.410 e. The molecule has 0 aliphatic carbocycles. The summed E-state index contributed by atoms with van der Waals surface area (Å²) >= 11 is 0. The molecule has 4 aliphatic rings. The number of benzene rings is 2. The van der Waals surface area contributed by atoms with Crippen LogP contribution < -0.4 is 10.6 Å². The minimum absolute atomic E-state index is 0.0157. The number of para-hydroxylation sites is 1. The van der Waals surface area contributed by atoms with Crippen LogP contribution in [0.25, 0.3) is 10.9 Å². The number of urea groups is 2. The van der Waals surface area contributed by atoms with Crippen LogP contribution in [0.5, 0.6) is 0 Å². The van der Waals surface area contributed by atoms with E-state index >= 15 is 0 Å². The molecule has 0 radical (unpaired) electrons. The molecule has 1 unspecified atom stereocenters. The summed E-state index contributed by atoms with van der Waals surface area (Å²) in [6, 6.07) is 10.4. The van der Waals surface area contributed by atoms with Gasteiger partial charge in [0.1, 0.15) is 11.6 Å². The Kier molecular flexibility index (Phi) is 7.93. The second-order valence-electron chi connectivity index (χ2n) is 14.0. The predicted molar refractivity (Wildman–Crippen MR) is 174 cm³/mol. The average Bonchev–Trinajstić information content (AvgIpc) is 3.71. The zero-order valence-corrected chi connectivity index (χ0v) is 27.1. The summed E-state index contributed by atoms with van der Waals surface area (Å²) in [4.78, 5) is 60.8. The van der Waals surface area contributed by atoms with Crippen LogP contribution in [0.1, 0.15) is 56.7 Å². The SMILES string of the molecule is CC(C)(C)OC(=O)N1CCC(N2Cc3c(ccc4[nH]ncc34)C[C@@H](NC(=O)N3CCC(N4Cc5ccccc5NC4=O)CC3)C2=O)C1. The number of aromatic nitrogens is 2. The summed E-state index contributed by atoms with van der Waals surface area (Å²) in [6.45, 7) is 8.21. The lowest BCUT2D eigenvalue weighted by molar-refractivity contribution is -0.135. The number of amides is 6. The van der Waals surface area contributed by atoms with Crippen LogP contribution in [0.3, 0.4) is 0 Å². The number of nitrogens with zero attached hydrogens (tertiary/aromatic N) is 5. The number of ether oxygens (including phenoxy) is 1. The average molecular weight is 643 g/mol. The van der Waals surface area contributed by atoms with E-state index in [0.717, 1.165) is 33.3 Å². The molecule has 3 N–H and O–H groups in total. The maximum atomic E-state index is 14.3. The molecule has 2 fully saturated rings. The third-order valence-electron chi connectivity index (χ3n) is 9.77. The summed E-state index contributed by atoms with van der Waals surface area (Å²) in [5.74, 6) is -0.166. The van der Waals surface area contributed by atoms with Crippen molar-refractivity contribution in [2.75, 3.05) is 31.5 Å². The quantitative estimate of drug-likeness (QED) is 0.394. The molecular weight excluding hydrogens is 600 g/mol. The van der Waals surface area contributed by atoms with Crippen LogP contribution in [-0.2, 0) is 29.0 Å². The zero-order valence-electron chi connectivity index (χ0n) is 27.1. The smallest absolute Gasteiger partial charge is 0.410 e. The Balaban J connectivity index is 1.05. The summed E-state index contributed by atoms with van der Waals surface area (Å²) in [5.41, 5.74) is 4.17. The Labute approximate surface area is 273 Å². The Morgan fingerprint density at radius 2 is 1.66 bits per heavy atom. The number of nitrogens with one attached hydrogen (secondary N) is 3. The highest BCUT2D eigenvalue weighted by molar-refractivity contribution is 5.93. The molecule has 13 heteroatoms. The van der Waals surface area contributed by atoms with E-state index in [0.29, 0.717) is 65.0 Å². The minimum Gasteiger partial charge on any atom is -0.444 e. The number of fused-ring (bicyclic) bond motifs is 4. The number of hydrogen-bond acceptors (Lipinski definition) is 6. The first kappa shape index (κ1) is 30.8. The van der Waals surface area contributed by atoms with Gasteiger partial charge in [-0.1, -0.05) is 24.3 Å². The van der Waals surface area contributed by atoms with Crippen molar-refractivity contribution in [3.8, 4) is 0 Å². The molecule has 248 valence electrons. The van der Waals surface area contributed by atoms with Crippen molar-refractivity contribution in [2.24, 2.45) is 0 Å². The van der Waals surface area contributed by atoms with E-state index in [2.05, 4.69) is 20.8 Å². The topological polar surface area (TPSA) is 143 Å². The number of carbonyl (C=O) groups is 4. The lowest BCUT2D eigenvalue weighted by Gasteiger charge is -2.40. The van der Waals surface area contributed by atoms with Crippen molar-refractivity contribution in [2.45, 2.75) is 83.3 Å². The fraction of sp³-hybridized carbons (Fsp3) is 0.500. The van der Waals surface area contributed by atoms with E-state index in [-0.39, 0.29) is 36.1 Å². The van der Waals surface area contributed by atoms with E-state index in [9.17, 15) is 19.2 Å². The molecule has 0 spiro atoms. The van der Waals surface area contributed by atoms with Crippen molar-refractivity contribution in [3.05, 3.63) is 59.3 Å². The lowest BCUT2D eigenvalue weighted by Crippen LogP contribution is -2.57. The first-order valence-corrected chi connectivity index (χ1v) is 16.5. The van der Waals surface area contributed by atoms with Crippen LogP contribution in [0, 0.1) is 0 Å². The van der Waals surface area contributed by atoms with Crippen molar-refractivity contribution in [3.63, 3.8) is 0 Å². The van der Waals surface area contributed by atoms with E-state index in [1.165, 1.54) is 0 Å². The fourth-order valence-electron chi connectivity index (χ4n) is 7.30. The summed E-state index contributed by atoms with van der Waals surface area (Å²) in [7, 11) is 0. The van der Waals surface area contributed by atoms with Crippen molar-refractivity contribution in [1.29, 1.82) is 0 Å². The number of rotatable bonds is 3. The van der Waals surface area contributed by atoms with E-state index in [4.69, 9.17) is 4.74 Å². The molecular formula is C34H42N8O5. The summed E-state index contributed by atoms with van der Waals surface area (Å²) < 4.78 is 5.60. The molecule has 6 amide bonds. The van der Waals surface area contributed by atoms with Gasteiger partial charge < -0.3 is 35.0 Å². The molecule has 47 heavy (non-hydrogen) atoms. The van der Waals surface area contributed by atoms with Gasteiger partial charge in [0, 0.05) is 62.8 Å². The minimum atomic E-state index is -0.772. The Hall–Kier alpha value is -4.81. The highest BCUT2D eigenvalue weighted by atomic mass is 16.6. The van der Waals surface area contributed by atoms with E-state index in [1.807, 2.05) is 67.0 Å². The highest BCUT2D eigenvalue weighted by Gasteiger charge is 2.41. The molecule has 1 aromatic heterocycles. The van der Waals surface area contributed by atoms with E-state index in [1.54, 1.807) is 16.0 Å². The molecule has 7 rings (SSSR count). The van der Waals surface area contributed by atoms with Gasteiger partial charge in [0.2, 0.25) is 5.91 Å². The Morgan fingerprint density at radius 3 is 2.45 bits per heavy atom. The monoisotopic (exact) mass is 642 g/mol. The largest absolute Gasteiger partial charge is 0.444 e. The Bertz CT molecular complexity index is 1710. The number of piperidine rings is 1. The molecule has 0 saturated carbocycles. The first-order chi connectivity index (χ1) is 22.5. The molecule has 2 atom stereocenters. The molecule has 5 heterocycles. The normalized spacial score (nSPS) is 22.1. The van der Waals surface area contributed by atoms with Crippen LogP contribution in [0.2, 0.25) is 0 Å². The van der Waals surface area contributed by atoms with Gasteiger partial charge in [-0.05, 0) is 68.9 Å². The number of aromatic amines is 1. The van der Waals surface area contributed by atoms with Gasteiger partial charge in [0.05, 0.1) is 17.8 Å². The number of carbonyl (C=O) groups excluding carboxylic acids is 4. The molecule has 13 nitrogen and oxygen atoms in total. The van der Waals surface area contributed by atoms with Gasteiger partial charge in [0.25, 0.3) is 0 Å². The van der Waals surface area contributed by atoms with E-state index < -0.39 is 11.6 Å². The maximum absolute atomic E-state index is 14.3. The van der Waals surface area contributed by atoms with Crippen LogP contribution >= 0.6 is 0 Å². The molecule has 2 saturated heterocycles. The van der Waals surface area contributed by atoms with Gasteiger partial charge in [-0.2, -0.15) is 5.10 Å². The summed E-state index contributed by atoms with van der Waals surface area (Å²) in [5, 5.41) is 14.3. The second kappa shape index (κ2) is 12.1. The molecule has 3 aromatic rings. The van der Waals surface area contributed by atoms with Gasteiger partial charge in [0.15, 0.2) is 0 Å². The number of anilines is 1. The standard InChI is InChI=1S/C34H42N8O5/c1-34(2,3)47-33(46)40-15-12-24(19-40)41-20-26-21(8-9-28-25(26)17-35-38-28)16-29(30(41)43)37-31(44)39-13-10-23(11-14-39)42-18-22-6-4-5-7-27(22)36-32(42)45/h4-9,17,23-24,29H,10-16,18-20H2,1-3H3,(H,35,38)(H,36,45)(H,37,44)/t24?,29-/m1/s1. The van der Waals surface area contributed by atoms with Gasteiger partial charge in [-0.25, -0.2) is 14.4 Å². The van der Waals surface area contributed by atoms with Crippen molar-refractivity contribution < 1.29 is 23.9 Å². The second-order valence-corrected chi connectivity index (χ2v) is 14.0. The number of H-pyrrole nitrogens is 1.